The van der Waals surface area contributed by atoms with Crippen LogP contribution in [0.4, 0.5) is 5.69 Å². The normalized spacial score (nSPS) is 11.2. The zero-order chi connectivity index (χ0) is 19.2. The molecule has 0 aliphatic heterocycles. The third kappa shape index (κ3) is 4.64. The van der Waals surface area contributed by atoms with E-state index in [0.717, 1.165) is 5.56 Å². The van der Waals surface area contributed by atoms with Crippen LogP contribution in [0.1, 0.15) is 25.8 Å². The summed E-state index contributed by atoms with van der Waals surface area (Å²) in [4.78, 5) is 14.3. The van der Waals surface area contributed by atoms with Crippen LogP contribution in [0.5, 0.6) is 0 Å². The zero-order valence-electron chi connectivity index (χ0n) is 15.6. The molecule has 0 N–H and O–H groups in total. The van der Waals surface area contributed by atoms with Crippen molar-refractivity contribution in [1.29, 1.82) is 0 Å². The van der Waals surface area contributed by atoms with Crippen molar-refractivity contribution in [2.75, 3.05) is 23.9 Å². The zero-order valence-corrected chi connectivity index (χ0v) is 16.4. The Morgan fingerprint density at radius 1 is 0.923 bits per heavy atom. The van der Waals surface area contributed by atoms with Gasteiger partial charge in [0.25, 0.3) is 10.0 Å². The molecular formula is C20H26N2O3S. The number of sulfonamides is 1. The Bertz CT molecular complexity index is 814. The number of hydrogen-bond acceptors (Lipinski definition) is 3. The number of amides is 1. The molecule has 1 amide bonds. The highest BCUT2D eigenvalue weighted by molar-refractivity contribution is 7.92. The topological polar surface area (TPSA) is 57.7 Å². The molecule has 0 radical (unpaired) electrons. The first-order chi connectivity index (χ1) is 12.4. The predicted molar refractivity (Wildman–Crippen MR) is 105 cm³/mol. The predicted octanol–water partition coefficient (Wildman–Crippen LogP) is 3.45. The average Bonchev–Trinajstić information content (AvgIpc) is 2.64. The lowest BCUT2D eigenvalue weighted by Gasteiger charge is -2.26. The highest BCUT2D eigenvalue weighted by Gasteiger charge is 2.26. The van der Waals surface area contributed by atoms with Crippen LogP contribution in [-0.2, 0) is 14.8 Å². The highest BCUT2D eigenvalue weighted by atomic mass is 32.2. The minimum atomic E-state index is -3.74. The van der Waals surface area contributed by atoms with Crippen molar-refractivity contribution in [3.63, 3.8) is 0 Å². The van der Waals surface area contributed by atoms with Crippen LogP contribution in [0.2, 0.25) is 0 Å². The van der Waals surface area contributed by atoms with Crippen molar-refractivity contribution in [3.8, 4) is 0 Å². The minimum absolute atomic E-state index is 0.0463. The molecule has 0 heterocycles. The molecule has 0 saturated heterocycles. The van der Waals surface area contributed by atoms with Crippen molar-refractivity contribution in [2.45, 2.75) is 32.1 Å². The van der Waals surface area contributed by atoms with E-state index in [-0.39, 0.29) is 23.8 Å². The maximum absolute atomic E-state index is 13.2. The summed E-state index contributed by atoms with van der Waals surface area (Å²) in [6.07, 6.45) is 0.141. The Morgan fingerprint density at radius 2 is 1.50 bits per heavy atom. The number of hydrogen-bond donors (Lipinski definition) is 0. The fourth-order valence-corrected chi connectivity index (χ4v) is 4.22. The van der Waals surface area contributed by atoms with E-state index in [1.807, 2.05) is 26.8 Å². The molecule has 0 fully saturated rings. The maximum Gasteiger partial charge on any atom is 0.264 e. The van der Waals surface area contributed by atoms with E-state index < -0.39 is 10.0 Å². The van der Waals surface area contributed by atoms with Crippen LogP contribution in [-0.4, -0.2) is 38.9 Å². The molecule has 2 rings (SSSR count). The fourth-order valence-electron chi connectivity index (χ4n) is 2.75. The molecule has 5 nitrogen and oxygen atoms in total. The number of carbonyl (C=O) groups excluding carboxylic acids is 1. The van der Waals surface area contributed by atoms with Crippen LogP contribution < -0.4 is 4.31 Å². The molecule has 6 heteroatoms. The molecule has 140 valence electrons. The lowest BCUT2D eigenvalue weighted by Crippen LogP contribution is -2.37. The molecule has 0 unspecified atom stereocenters. The molecular weight excluding hydrogens is 348 g/mol. The molecule has 0 spiro atoms. The van der Waals surface area contributed by atoms with Crippen LogP contribution in [0, 0.1) is 6.92 Å². The summed E-state index contributed by atoms with van der Waals surface area (Å²) in [5, 5.41) is 0. The summed E-state index contributed by atoms with van der Waals surface area (Å²) in [6, 6.07) is 15.7. The van der Waals surface area contributed by atoms with E-state index >= 15 is 0 Å². The number of nitrogens with zero attached hydrogens (tertiary/aromatic N) is 2. The molecule has 0 aliphatic rings. The molecule has 0 saturated carbocycles. The van der Waals surface area contributed by atoms with Gasteiger partial charge < -0.3 is 4.90 Å². The summed E-state index contributed by atoms with van der Waals surface area (Å²) in [5.74, 6) is -0.0463. The van der Waals surface area contributed by atoms with Gasteiger partial charge >= 0.3 is 0 Å². The van der Waals surface area contributed by atoms with Crippen LogP contribution in [0.15, 0.2) is 59.5 Å². The van der Waals surface area contributed by atoms with E-state index in [2.05, 4.69) is 0 Å². The molecule has 26 heavy (non-hydrogen) atoms. The Kier molecular flexibility index (Phi) is 6.80. The van der Waals surface area contributed by atoms with Crippen LogP contribution in [0.3, 0.4) is 0 Å². The summed E-state index contributed by atoms with van der Waals surface area (Å²) < 4.78 is 27.7. The van der Waals surface area contributed by atoms with Gasteiger partial charge in [-0.25, -0.2) is 8.42 Å². The molecule has 2 aromatic carbocycles. The second-order valence-corrected chi connectivity index (χ2v) is 7.90. The monoisotopic (exact) mass is 374 g/mol. The molecule has 2 aromatic rings. The van der Waals surface area contributed by atoms with Gasteiger partial charge in [0, 0.05) is 26.1 Å². The van der Waals surface area contributed by atoms with Crippen molar-refractivity contribution >= 4 is 21.6 Å². The van der Waals surface area contributed by atoms with Gasteiger partial charge in [-0.1, -0.05) is 35.9 Å². The Balaban J connectivity index is 2.33. The Hall–Kier alpha value is -2.34. The Labute approximate surface area is 156 Å². The fraction of sp³-hybridized carbons (Fsp3) is 0.350. The first-order valence-electron chi connectivity index (χ1n) is 8.82. The number of anilines is 1. The SMILES string of the molecule is CCN(CC)C(=O)CCN(c1ccccc1)S(=O)(=O)c1ccc(C)cc1. The summed E-state index contributed by atoms with van der Waals surface area (Å²) in [6.45, 7) is 7.08. The number of carbonyl (C=O) groups is 1. The molecule has 0 aromatic heterocycles. The smallest absolute Gasteiger partial charge is 0.264 e. The maximum atomic E-state index is 13.2. The quantitative estimate of drug-likeness (QED) is 0.711. The second-order valence-electron chi connectivity index (χ2n) is 6.04. The number of benzene rings is 2. The Morgan fingerprint density at radius 3 is 2.04 bits per heavy atom. The second kappa shape index (κ2) is 8.85. The lowest BCUT2D eigenvalue weighted by molar-refractivity contribution is -0.130. The van der Waals surface area contributed by atoms with E-state index in [0.29, 0.717) is 18.8 Å². The van der Waals surface area contributed by atoms with Crippen molar-refractivity contribution in [3.05, 3.63) is 60.2 Å². The van der Waals surface area contributed by atoms with E-state index in [1.165, 1.54) is 4.31 Å². The minimum Gasteiger partial charge on any atom is -0.343 e. The summed E-state index contributed by atoms with van der Waals surface area (Å²) in [7, 11) is -3.74. The first-order valence-corrected chi connectivity index (χ1v) is 10.3. The first kappa shape index (κ1) is 20.0. The van der Waals surface area contributed by atoms with Crippen LogP contribution in [0.25, 0.3) is 0 Å². The molecule has 0 atom stereocenters. The van der Waals surface area contributed by atoms with Gasteiger partial charge in [0.05, 0.1) is 10.6 Å². The van der Waals surface area contributed by atoms with Gasteiger partial charge in [-0.2, -0.15) is 0 Å². The highest BCUT2D eigenvalue weighted by Crippen LogP contribution is 2.24. The van der Waals surface area contributed by atoms with Crippen molar-refractivity contribution in [1.82, 2.24) is 4.90 Å². The van der Waals surface area contributed by atoms with Crippen molar-refractivity contribution < 1.29 is 13.2 Å². The molecule has 0 bridgehead atoms. The summed E-state index contributed by atoms with van der Waals surface area (Å²) >= 11 is 0. The number of para-hydroxylation sites is 1. The standard InChI is InChI=1S/C20H26N2O3S/c1-4-21(5-2)20(23)15-16-22(18-9-7-6-8-10-18)26(24,25)19-13-11-17(3)12-14-19/h6-14H,4-5,15-16H2,1-3H3. The number of rotatable bonds is 8. The lowest BCUT2D eigenvalue weighted by atomic mass is 10.2. The van der Waals surface area contributed by atoms with Gasteiger partial charge in [-0.15, -0.1) is 0 Å². The van der Waals surface area contributed by atoms with E-state index in [4.69, 9.17) is 0 Å². The van der Waals surface area contributed by atoms with E-state index in [1.54, 1.807) is 53.4 Å². The average molecular weight is 375 g/mol. The van der Waals surface area contributed by atoms with Gasteiger partial charge in [0.2, 0.25) is 5.91 Å². The van der Waals surface area contributed by atoms with Crippen LogP contribution >= 0.6 is 0 Å². The largest absolute Gasteiger partial charge is 0.343 e. The van der Waals surface area contributed by atoms with Gasteiger partial charge in [0.15, 0.2) is 0 Å². The third-order valence-electron chi connectivity index (χ3n) is 4.30. The molecule has 0 aliphatic carbocycles. The van der Waals surface area contributed by atoms with Crippen molar-refractivity contribution in [2.24, 2.45) is 0 Å². The van der Waals surface area contributed by atoms with Gasteiger partial charge in [-0.3, -0.25) is 9.10 Å². The third-order valence-corrected chi connectivity index (χ3v) is 6.14. The van der Waals surface area contributed by atoms with Gasteiger partial charge in [0.1, 0.15) is 0 Å². The number of aryl methyl sites for hydroxylation is 1. The van der Waals surface area contributed by atoms with E-state index in [9.17, 15) is 13.2 Å². The summed E-state index contributed by atoms with van der Waals surface area (Å²) in [5.41, 5.74) is 1.55. The van der Waals surface area contributed by atoms with Gasteiger partial charge in [-0.05, 0) is 45.0 Å².